The minimum Gasteiger partial charge on any atom is -0.380 e. The minimum absolute atomic E-state index is 0.0664. The third kappa shape index (κ3) is 5.10. The van der Waals surface area contributed by atoms with Gasteiger partial charge in [-0.1, -0.05) is 29.8 Å². The lowest BCUT2D eigenvalue weighted by Crippen LogP contribution is -2.32. The molecular formula is C24H22ClN3O2S. The van der Waals surface area contributed by atoms with E-state index in [4.69, 9.17) is 21.3 Å². The first-order valence-corrected chi connectivity index (χ1v) is 11.2. The summed E-state index contributed by atoms with van der Waals surface area (Å²) in [6.45, 7) is 3.47. The van der Waals surface area contributed by atoms with Crippen molar-refractivity contribution in [1.82, 2.24) is 9.47 Å². The maximum Gasteiger partial charge on any atom is 0.266 e. The number of hydrogen-bond acceptors (Lipinski definition) is 4. The molecule has 1 aliphatic heterocycles. The highest BCUT2D eigenvalue weighted by Crippen LogP contribution is 2.34. The van der Waals surface area contributed by atoms with Crippen molar-refractivity contribution in [1.29, 1.82) is 0 Å². The zero-order chi connectivity index (χ0) is 21.6. The summed E-state index contributed by atoms with van der Waals surface area (Å²) in [5, 5.41) is 1.34. The van der Waals surface area contributed by atoms with Crippen molar-refractivity contribution < 1.29 is 9.53 Å². The van der Waals surface area contributed by atoms with Crippen LogP contribution in [-0.2, 0) is 9.53 Å². The fraction of sp³-hybridized carbons (Fsp3) is 0.167. The van der Waals surface area contributed by atoms with E-state index in [1.807, 2.05) is 90.5 Å². The largest absolute Gasteiger partial charge is 0.380 e. The van der Waals surface area contributed by atoms with E-state index in [9.17, 15) is 4.79 Å². The van der Waals surface area contributed by atoms with E-state index in [0.29, 0.717) is 34.9 Å². The van der Waals surface area contributed by atoms with Crippen LogP contribution >= 0.6 is 23.4 Å². The van der Waals surface area contributed by atoms with Gasteiger partial charge in [-0.15, -0.1) is 0 Å². The molecule has 2 aromatic carbocycles. The quantitative estimate of drug-likeness (QED) is 0.338. The highest BCUT2D eigenvalue weighted by atomic mass is 35.5. The molecule has 5 nitrogen and oxygen atoms in total. The summed E-state index contributed by atoms with van der Waals surface area (Å²) in [6, 6.07) is 21.2. The van der Waals surface area contributed by atoms with E-state index < -0.39 is 0 Å². The van der Waals surface area contributed by atoms with E-state index >= 15 is 0 Å². The SMILES string of the molecule is CCOCCN1C(=O)C(=Cc2cccn2-c2ccc(Cl)cc2)SC1=Nc1ccccc1. The number of thioether (sulfide) groups is 1. The van der Waals surface area contributed by atoms with E-state index in [1.165, 1.54) is 11.8 Å². The molecule has 1 saturated heterocycles. The standard InChI is InChI=1S/C24H22ClN3O2S/c1-2-30-16-15-28-23(29)22(31-24(28)26-19-7-4-3-5-8-19)17-21-9-6-14-27(21)20-12-10-18(25)11-13-20/h3-14,17H,2,15-16H2,1H3. The van der Waals surface area contributed by atoms with Gasteiger partial charge < -0.3 is 9.30 Å². The van der Waals surface area contributed by atoms with Gasteiger partial charge in [0.1, 0.15) is 0 Å². The Hall–Kier alpha value is -2.80. The Bertz CT molecular complexity index is 1110. The monoisotopic (exact) mass is 451 g/mol. The predicted octanol–water partition coefficient (Wildman–Crippen LogP) is 5.77. The number of aromatic nitrogens is 1. The van der Waals surface area contributed by atoms with Crippen LogP contribution in [-0.4, -0.2) is 40.3 Å². The summed E-state index contributed by atoms with van der Waals surface area (Å²) in [6.07, 6.45) is 3.87. The van der Waals surface area contributed by atoms with Crippen molar-refractivity contribution in [3.63, 3.8) is 0 Å². The van der Waals surface area contributed by atoms with Gasteiger partial charge in [-0.05, 0) is 73.3 Å². The number of para-hydroxylation sites is 1. The molecule has 1 aromatic heterocycles. The van der Waals surface area contributed by atoms with Crippen LogP contribution in [0.4, 0.5) is 5.69 Å². The van der Waals surface area contributed by atoms with Gasteiger partial charge in [-0.3, -0.25) is 9.69 Å². The molecule has 1 amide bonds. The molecule has 0 N–H and O–H groups in total. The van der Waals surface area contributed by atoms with E-state index in [1.54, 1.807) is 4.90 Å². The number of carbonyl (C=O) groups excluding carboxylic acids is 1. The third-order valence-corrected chi connectivity index (χ3v) is 5.96. The lowest BCUT2D eigenvalue weighted by atomic mass is 10.3. The molecule has 0 spiro atoms. The van der Waals surface area contributed by atoms with Gasteiger partial charge >= 0.3 is 0 Å². The predicted molar refractivity (Wildman–Crippen MR) is 128 cm³/mol. The number of hydrogen-bond donors (Lipinski definition) is 0. The summed E-state index contributed by atoms with van der Waals surface area (Å²) in [7, 11) is 0. The van der Waals surface area contributed by atoms with Crippen LogP contribution in [0, 0.1) is 0 Å². The Morgan fingerprint density at radius 2 is 1.84 bits per heavy atom. The van der Waals surface area contributed by atoms with Crippen molar-refractivity contribution in [2.24, 2.45) is 4.99 Å². The fourth-order valence-electron chi connectivity index (χ4n) is 3.18. The summed E-state index contributed by atoms with van der Waals surface area (Å²) in [5.74, 6) is -0.0664. The molecule has 3 aromatic rings. The second kappa shape index (κ2) is 10.0. The molecule has 2 heterocycles. The van der Waals surface area contributed by atoms with Crippen molar-refractivity contribution in [2.75, 3.05) is 19.8 Å². The van der Waals surface area contributed by atoms with E-state index in [0.717, 1.165) is 17.1 Å². The maximum atomic E-state index is 13.2. The average molecular weight is 452 g/mol. The molecule has 0 radical (unpaired) electrons. The van der Waals surface area contributed by atoms with Crippen LogP contribution in [0.3, 0.4) is 0 Å². The highest BCUT2D eigenvalue weighted by molar-refractivity contribution is 8.18. The van der Waals surface area contributed by atoms with Crippen molar-refractivity contribution >= 4 is 46.2 Å². The van der Waals surface area contributed by atoms with Gasteiger partial charge in [-0.2, -0.15) is 0 Å². The number of amides is 1. The molecule has 4 rings (SSSR count). The summed E-state index contributed by atoms with van der Waals surface area (Å²) >= 11 is 7.40. The molecule has 0 aliphatic carbocycles. The van der Waals surface area contributed by atoms with Crippen LogP contribution < -0.4 is 0 Å². The lowest BCUT2D eigenvalue weighted by Gasteiger charge is -2.15. The second-order valence-electron chi connectivity index (χ2n) is 6.77. The summed E-state index contributed by atoms with van der Waals surface area (Å²) in [5.41, 5.74) is 2.69. The molecule has 1 fully saturated rings. The lowest BCUT2D eigenvalue weighted by molar-refractivity contribution is -0.122. The van der Waals surface area contributed by atoms with Gasteiger partial charge in [-0.25, -0.2) is 4.99 Å². The third-order valence-electron chi connectivity index (χ3n) is 4.70. The average Bonchev–Trinajstić information content (AvgIpc) is 3.35. The molecule has 158 valence electrons. The molecule has 7 heteroatoms. The van der Waals surface area contributed by atoms with Gasteiger partial charge in [0, 0.05) is 29.2 Å². The number of carbonyl (C=O) groups is 1. The van der Waals surface area contributed by atoms with Crippen LogP contribution in [0.15, 0.2) is 82.8 Å². The Balaban J connectivity index is 1.65. The topological polar surface area (TPSA) is 46.8 Å². The Labute approximate surface area is 191 Å². The van der Waals surface area contributed by atoms with E-state index in [2.05, 4.69) is 0 Å². The maximum absolute atomic E-state index is 13.2. The van der Waals surface area contributed by atoms with Crippen LogP contribution in [0.1, 0.15) is 12.6 Å². The molecule has 0 bridgehead atoms. The number of halogens is 1. The number of aliphatic imine (C=N–C) groups is 1. The minimum atomic E-state index is -0.0664. The van der Waals surface area contributed by atoms with E-state index in [-0.39, 0.29) is 5.91 Å². The molecular weight excluding hydrogens is 430 g/mol. The smallest absolute Gasteiger partial charge is 0.266 e. The Kier molecular flexibility index (Phi) is 6.92. The second-order valence-corrected chi connectivity index (χ2v) is 8.22. The highest BCUT2D eigenvalue weighted by Gasteiger charge is 2.33. The van der Waals surface area contributed by atoms with Crippen molar-refractivity contribution in [3.05, 3.63) is 88.5 Å². The first-order chi connectivity index (χ1) is 15.2. The van der Waals surface area contributed by atoms with Gasteiger partial charge in [0.15, 0.2) is 5.17 Å². The molecule has 31 heavy (non-hydrogen) atoms. The number of benzene rings is 2. The first-order valence-electron chi connectivity index (χ1n) is 10.0. The number of amidine groups is 1. The van der Waals surface area contributed by atoms with Gasteiger partial charge in [0.05, 0.1) is 23.7 Å². The molecule has 0 unspecified atom stereocenters. The van der Waals surface area contributed by atoms with Crippen molar-refractivity contribution in [3.8, 4) is 5.69 Å². The fourth-order valence-corrected chi connectivity index (χ4v) is 4.32. The van der Waals surface area contributed by atoms with Gasteiger partial charge in [0.2, 0.25) is 0 Å². The summed E-state index contributed by atoms with van der Waals surface area (Å²) in [4.78, 5) is 20.2. The number of nitrogens with zero attached hydrogens (tertiary/aromatic N) is 3. The molecule has 1 aliphatic rings. The molecule has 0 atom stereocenters. The molecule has 0 saturated carbocycles. The Morgan fingerprint density at radius 3 is 2.58 bits per heavy atom. The van der Waals surface area contributed by atoms with Crippen molar-refractivity contribution in [2.45, 2.75) is 6.92 Å². The number of rotatable bonds is 7. The zero-order valence-electron chi connectivity index (χ0n) is 17.1. The Morgan fingerprint density at radius 1 is 1.06 bits per heavy atom. The number of ether oxygens (including phenoxy) is 1. The zero-order valence-corrected chi connectivity index (χ0v) is 18.6. The normalized spacial score (nSPS) is 16.6. The van der Waals surface area contributed by atoms with Gasteiger partial charge in [0.25, 0.3) is 5.91 Å². The van der Waals surface area contributed by atoms with Crippen LogP contribution in [0.25, 0.3) is 11.8 Å². The van der Waals surface area contributed by atoms with Crippen LogP contribution in [0.2, 0.25) is 5.02 Å². The first kappa shape index (κ1) is 21.4. The summed E-state index contributed by atoms with van der Waals surface area (Å²) < 4.78 is 7.50. The van der Waals surface area contributed by atoms with Crippen LogP contribution in [0.5, 0.6) is 0 Å².